The highest BCUT2D eigenvalue weighted by Crippen LogP contribution is 2.27. The van der Waals surface area contributed by atoms with Crippen LogP contribution in [0, 0.1) is 6.92 Å². The summed E-state index contributed by atoms with van der Waals surface area (Å²) in [6.07, 6.45) is 7.77. The molecule has 0 saturated heterocycles. The first kappa shape index (κ1) is 13.1. The Bertz CT molecular complexity index is 616. The molecule has 2 nitrogen and oxygen atoms in total. The fraction of sp³-hybridized carbons (Fsp3) is 0.118. The van der Waals surface area contributed by atoms with Crippen LogP contribution in [-0.4, -0.2) is 9.97 Å². The molecule has 1 aromatic carbocycles. The van der Waals surface area contributed by atoms with Gasteiger partial charge in [0, 0.05) is 5.56 Å². The third kappa shape index (κ3) is 2.91. The molecule has 0 saturated carbocycles. The van der Waals surface area contributed by atoms with Gasteiger partial charge in [0.25, 0.3) is 0 Å². The highest BCUT2D eigenvalue weighted by molar-refractivity contribution is 5.81. The molecule has 0 aliphatic heterocycles. The Morgan fingerprint density at radius 3 is 2.63 bits per heavy atom. The summed E-state index contributed by atoms with van der Waals surface area (Å²) in [5.74, 6) is 0.917. The van der Waals surface area contributed by atoms with Crippen LogP contribution in [0.5, 0.6) is 0 Å². The van der Waals surface area contributed by atoms with E-state index in [0.717, 1.165) is 28.3 Å². The number of aromatic amines is 1. The minimum atomic E-state index is 0.917. The van der Waals surface area contributed by atoms with E-state index in [-0.39, 0.29) is 0 Å². The van der Waals surface area contributed by atoms with Gasteiger partial charge < -0.3 is 4.98 Å². The van der Waals surface area contributed by atoms with Crippen molar-refractivity contribution in [3.05, 3.63) is 72.7 Å². The number of H-pyrrole nitrogens is 1. The van der Waals surface area contributed by atoms with E-state index in [4.69, 9.17) is 0 Å². The van der Waals surface area contributed by atoms with E-state index >= 15 is 0 Å². The second-order valence-electron chi connectivity index (χ2n) is 4.25. The Labute approximate surface area is 114 Å². The van der Waals surface area contributed by atoms with Gasteiger partial charge in [-0.15, -0.1) is 0 Å². The Balaban J connectivity index is 2.53. The average molecular weight is 250 g/mol. The summed E-state index contributed by atoms with van der Waals surface area (Å²) in [6, 6.07) is 10.2. The second kappa shape index (κ2) is 6.01. The Morgan fingerprint density at radius 2 is 2.00 bits per heavy atom. The molecule has 0 atom stereocenters. The Kier molecular flexibility index (Phi) is 4.14. The lowest BCUT2D eigenvalue weighted by Gasteiger charge is -2.03. The fourth-order valence-electron chi connectivity index (χ4n) is 2.00. The van der Waals surface area contributed by atoms with Gasteiger partial charge in [0.1, 0.15) is 5.82 Å². The van der Waals surface area contributed by atoms with E-state index in [0.29, 0.717) is 0 Å². The van der Waals surface area contributed by atoms with Crippen LogP contribution in [0.2, 0.25) is 0 Å². The molecular formula is C17H18N2. The molecule has 0 fully saturated rings. The van der Waals surface area contributed by atoms with Crippen LogP contribution in [0.15, 0.2) is 61.2 Å². The molecule has 2 aromatic rings. The van der Waals surface area contributed by atoms with Crippen molar-refractivity contribution < 1.29 is 0 Å². The van der Waals surface area contributed by atoms with Gasteiger partial charge in [-0.2, -0.15) is 0 Å². The molecule has 0 bridgehead atoms. The van der Waals surface area contributed by atoms with E-state index in [2.05, 4.69) is 34.8 Å². The van der Waals surface area contributed by atoms with Gasteiger partial charge in [-0.1, -0.05) is 61.2 Å². The van der Waals surface area contributed by atoms with Crippen LogP contribution in [0.3, 0.4) is 0 Å². The summed E-state index contributed by atoms with van der Waals surface area (Å²) in [6.45, 7) is 7.69. The molecule has 2 heteroatoms. The maximum Gasteiger partial charge on any atom is 0.104 e. The van der Waals surface area contributed by atoms with Gasteiger partial charge in [0.15, 0.2) is 0 Å². The smallest absolute Gasteiger partial charge is 0.104 e. The zero-order valence-corrected chi connectivity index (χ0v) is 11.4. The fourth-order valence-corrected chi connectivity index (χ4v) is 2.00. The molecular weight excluding hydrogens is 232 g/mol. The number of benzene rings is 1. The standard InChI is InChI=1S/C17H18N2/c1-4-6-10-14(5-2)16-17(19-13(3)18-16)15-11-8-7-9-12-15/h4-12H,1H2,2-3H3,(H,18,19)/b10-6-,14-5+. The van der Waals surface area contributed by atoms with E-state index in [1.54, 1.807) is 6.08 Å². The number of nitrogens with zero attached hydrogens (tertiary/aromatic N) is 1. The number of aromatic nitrogens is 2. The first-order valence-corrected chi connectivity index (χ1v) is 6.34. The summed E-state index contributed by atoms with van der Waals surface area (Å²) in [7, 11) is 0. The summed E-state index contributed by atoms with van der Waals surface area (Å²) in [5, 5.41) is 0. The van der Waals surface area contributed by atoms with Gasteiger partial charge in [0.05, 0.1) is 11.4 Å². The molecule has 0 radical (unpaired) electrons. The molecule has 19 heavy (non-hydrogen) atoms. The van der Waals surface area contributed by atoms with Crippen molar-refractivity contribution >= 4 is 5.57 Å². The van der Waals surface area contributed by atoms with Crippen molar-refractivity contribution in [2.75, 3.05) is 0 Å². The predicted molar refractivity (Wildman–Crippen MR) is 81.7 cm³/mol. The van der Waals surface area contributed by atoms with Gasteiger partial charge in [-0.3, -0.25) is 0 Å². The van der Waals surface area contributed by atoms with Gasteiger partial charge in [-0.25, -0.2) is 4.98 Å². The van der Waals surface area contributed by atoms with E-state index in [1.807, 2.05) is 44.2 Å². The molecule has 1 N–H and O–H groups in total. The lowest BCUT2D eigenvalue weighted by Crippen LogP contribution is -1.86. The summed E-state index contributed by atoms with van der Waals surface area (Å²) >= 11 is 0. The van der Waals surface area contributed by atoms with Crippen LogP contribution in [0.1, 0.15) is 18.4 Å². The molecule has 96 valence electrons. The second-order valence-corrected chi connectivity index (χ2v) is 4.25. The van der Waals surface area contributed by atoms with E-state index in [9.17, 15) is 0 Å². The third-order valence-corrected chi connectivity index (χ3v) is 2.88. The van der Waals surface area contributed by atoms with Crippen molar-refractivity contribution in [2.24, 2.45) is 0 Å². The van der Waals surface area contributed by atoms with E-state index in [1.165, 1.54) is 0 Å². The molecule has 0 spiro atoms. The summed E-state index contributed by atoms with van der Waals surface area (Å²) < 4.78 is 0. The van der Waals surface area contributed by atoms with Crippen molar-refractivity contribution in [2.45, 2.75) is 13.8 Å². The third-order valence-electron chi connectivity index (χ3n) is 2.88. The highest BCUT2D eigenvalue weighted by Gasteiger charge is 2.12. The maximum absolute atomic E-state index is 4.60. The highest BCUT2D eigenvalue weighted by atomic mass is 14.9. The average Bonchev–Trinajstić information content (AvgIpc) is 2.83. The topological polar surface area (TPSA) is 28.7 Å². The Morgan fingerprint density at radius 1 is 1.26 bits per heavy atom. The largest absolute Gasteiger partial charge is 0.342 e. The lowest BCUT2D eigenvalue weighted by molar-refractivity contribution is 1.14. The number of hydrogen-bond donors (Lipinski definition) is 1. The van der Waals surface area contributed by atoms with Gasteiger partial charge >= 0.3 is 0 Å². The van der Waals surface area contributed by atoms with E-state index < -0.39 is 0 Å². The maximum atomic E-state index is 4.60. The normalized spacial score (nSPS) is 12.0. The summed E-state index contributed by atoms with van der Waals surface area (Å²) in [4.78, 5) is 7.94. The van der Waals surface area contributed by atoms with Crippen molar-refractivity contribution in [3.63, 3.8) is 0 Å². The zero-order valence-electron chi connectivity index (χ0n) is 11.4. The molecule has 0 unspecified atom stereocenters. The minimum absolute atomic E-state index is 0.917. The SMILES string of the molecule is C=C/C=C\C(=C/C)c1nc(C)[nH]c1-c1ccccc1. The number of nitrogens with one attached hydrogen (secondary N) is 1. The molecule has 0 aliphatic carbocycles. The predicted octanol–water partition coefficient (Wildman–Crippen LogP) is 4.53. The monoisotopic (exact) mass is 250 g/mol. The van der Waals surface area contributed by atoms with Crippen molar-refractivity contribution in [1.29, 1.82) is 0 Å². The summed E-state index contributed by atoms with van der Waals surface area (Å²) in [5.41, 5.74) is 4.26. The first-order chi connectivity index (χ1) is 9.26. The van der Waals surface area contributed by atoms with Crippen LogP contribution >= 0.6 is 0 Å². The lowest BCUT2D eigenvalue weighted by atomic mass is 10.0. The van der Waals surface area contributed by atoms with Gasteiger partial charge in [0.2, 0.25) is 0 Å². The van der Waals surface area contributed by atoms with Crippen LogP contribution < -0.4 is 0 Å². The van der Waals surface area contributed by atoms with Gasteiger partial charge in [-0.05, 0) is 19.4 Å². The minimum Gasteiger partial charge on any atom is -0.342 e. The number of hydrogen-bond acceptors (Lipinski definition) is 1. The number of aryl methyl sites for hydroxylation is 1. The molecule has 1 heterocycles. The molecule has 0 aliphatic rings. The zero-order chi connectivity index (χ0) is 13.7. The van der Waals surface area contributed by atoms with Crippen molar-refractivity contribution in [1.82, 2.24) is 9.97 Å². The van der Waals surface area contributed by atoms with Crippen LogP contribution in [0.4, 0.5) is 0 Å². The number of rotatable bonds is 4. The molecule has 2 rings (SSSR count). The number of allylic oxidation sites excluding steroid dienone is 5. The van der Waals surface area contributed by atoms with Crippen LogP contribution in [0.25, 0.3) is 16.8 Å². The van der Waals surface area contributed by atoms with Crippen molar-refractivity contribution in [3.8, 4) is 11.3 Å². The first-order valence-electron chi connectivity index (χ1n) is 6.34. The van der Waals surface area contributed by atoms with Crippen LogP contribution in [-0.2, 0) is 0 Å². The number of imidazole rings is 1. The molecule has 1 aromatic heterocycles. The quantitative estimate of drug-likeness (QED) is 0.793. The molecule has 0 amide bonds. The Hall–Kier alpha value is -2.35.